The number of furan rings is 1. The Labute approximate surface area is 288 Å². The van der Waals surface area contributed by atoms with E-state index in [1.54, 1.807) is 6.07 Å². The van der Waals surface area contributed by atoms with Gasteiger partial charge in [0.2, 0.25) is 17.7 Å². The van der Waals surface area contributed by atoms with Crippen molar-refractivity contribution in [3.8, 4) is 23.5 Å². The van der Waals surface area contributed by atoms with E-state index in [9.17, 15) is 9.59 Å². The van der Waals surface area contributed by atoms with Gasteiger partial charge in [0.1, 0.15) is 5.78 Å². The van der Waals surface area contributed by atoms with Gasteiger partial charge in [-0.3, -0.25) is 9.69 Å². The summed E-state index contributed by atoms with van der Waals surface area (Å²) < 4.78 is 28.2. The quantitative estimate of drug-likeness (QED) is 0.200. The third-order valence-corrected chi connectivity index (χ3v) is 8.00. The van der Waals surface area contributed by atoms with Crippen LogP contribution in [0.4, 0.5) is 11.6 Å². The van der Waals surface area contributed by atoms with Crippen molar-refractivity contribution in [1.82, 2.24) is 14.9 Å². The molecule has 0 radical (unpaired) electrons. The van der Waals surface area contributed by atoms with Gasteiger partial charge in [-0.1, -0.05) is 39.3 Å². The maximum atomic E-state index is 13.2. The van der Waals surface area contributed by atoms with Crippen LogP contribution in [0.3, 0.4) is 0 Å². The molecule has 1 aromatic carbocycles. The molecule has 1 saturated heterocycles. The normalized spacial score (nSPS) is 14.8. The zero-order chi connectivity index (χ0) is 35.4. The molecule has 3 aromatic rings. The number of amides is 1. The van der Waals surface area contributed by atoms with Crippen LogP contribution in [0.1, 0.15) is 81.6 Å². The Bertz CT molecular complexity index is 1510. The summed E-state index contributed by atoms with van der Waals surface area (Å²) in [4.78, 5) is 33.8. The van der Waals surface area contributed by atoms with Crippen LogP contribution >= 0.6 is 11.6 Å². The molecule has 2 aliphatic rings. The number of ketones is 1. The van der Waals surface area contributed by atoms with E-state index in [-0.39, 0.29) is 40.4 Å². The highest BCUT2D eigenvalue weighted by Gasteiger charge is 2.35. The van der Waals surface area contributed by atoms with E-state index in [0.717, 1.165) is 63.2 Å². The number of anilines is 2. The standard InChI is InChI=1S/C30H38ClN5O6.C3H6O.C2H6/c1-18-17-20(31)25(19-9-10-30(2,3)23(18)19)42-22-8-7-21(41-22)26(37)33-24-27(38-4)34-29(35-28(24)39-5)32-11-6-12-36-13-15-40-16-14-36;1-3(2)4;1-2/h7-8,17H,6,9-16H2,1-5H3,(H,33,37)(H,32,34,35);1-2H3;1-2H3. The molecule has 48 heavy (non-hydrogen) atoms. The van der Waals surface area contributed by atoms with E-state index in [4.69, 9.17) is 35.0 Å². The number of methoxy groups -OCH3 is 2. The fourth-order valence-corrected chi connectivity index (χ4v) is 6.00. The number of nitrogens with zero attached hydrogens (tertiary/aromatic N) is 3. The minimum Gasteiger partial charge on any atom is -0.479 e. The summed E-state index contributed by atoms with van der Waals surface area (Å²) in [6, 6.07) is 5.04. The third kappa shape index (κ3) is 10.1. The second-order valence-electron chi connectivity index (χ2n) is 12.0. The Kier molecular flexibility index (Phi) is 14.5. The first kappa shape index (κ1) is 38.6. The maximum absolute atomic E-state index is 13.2. The van der Waals surface area contributed by atoms with Crippen LogP contribution in [0.15, 0.2) is 22.6 Å². The van der Waals surface area contributed by atoms with Crippen molar-refractivity contribution < 1.29 is 33.0 Å². The van der Waals surface area contributed by atoms with Gasteiger partial charge in [-0.2, -0.15) is 9.97 Å². The fourth-order valence-electron chi connectivity index (χ4n) is 5.68. The summed E-state index contributed by atoms with van der Waals surface area (Å²) in [6.07, 6.45) is 2.76. The van der Waals surface area contributed by atoms with Crippen molar-refractivity contribution in [2.75, 3.05) is 64.2 Å². The Morgan fingerprint density at radius 2 is 1.69 bits per heavy atom. The first-order valence-electron chi connectivity index (χ1n) is 16.4. The predicted molar refractivity (Wildman–Crippen MR) is 187 cm³/mol. The average Bonchev–Trinajstić information content (AvgIpc) is 3.66. The van der Waals surface area contributed by atoms with Crippen LogP contribution in [0, 0.1) is 6.92 Å². The maximum Gasteiger partial charge on any atom is 0.291 e. The number of fused-ring (bicyclic) bond motifs is 1. The van der Waals surface area contributed by atoms with Crippen molar-refractivity contribution in [3.05, 3.63) is 45.7 Å². The number of nitrogens with one attached hydrogen (secondary N) is 2. The molecule has 0 atom stereocenters. The highest BCUT2D eigenvalue weighted by molar-refractivity contribution is 6.32. The molecule has 1 aliphatic carbocycles. The lowest BCUT2D eigenvalue weighted by Gasteiger charge is -2.26. The third-order valence-electron chi connectivity index (χ3n) is 7.72. The summed E-state index contributed by atoms with van der Waals surface area (Å²) in [5, 5.41) is 6.46. The summed E-state index contributed by atoms with van der Waals surface area (Å²) in [7, 11) is 2.92. The Hall–Kier alpha value is -3.87. The molecular weight excluding hydrogens is 638 g/mol. The number of halogens is 1. The van der Waals surface area contributed by atoms with Gasteiger partial charge in [-0.15, -0.1) is 0 Å². The van der Waals surface area contributed by atoms with Gasteiger partial charge in [0, 0.05) is 31.3 Å². The van der Waals surface area contributed by atoms with Crippen molar-refractivity contribution >= 4 is 34.9 Å². The molecule has 1 aliphatic heterocycles. The number of carbonyl (C=O) groups is 2. The monoisotopic (exact) mass is 687 g/mol. The Balaban J connectivity index is 0.000000970. The lowest BCUT2D eigenvalue weighted by Crippen LogP contribution is -2.37. The van der Waals surface area contributed by atoms with Gasteiger partial charge in [-0.25, -0.2) is 0 Å². The number of aromatic nitrogens is 2. The minimum atomic E-state index is -0.544. The van der Waals surface area contributed by atoms with Gasteiger partial charge in [0.15, 0.2) is 17.2 Å². The lowest BCUT2D eigenvalue weighted by atomic mass is 9.84. The second kappa shape index (κ2) is 18.0. The van der Waals surface area contributed by atoms with Crippen LogP contribution in [-0.4, -0.2) is 80.2 Å². The first-order valence-corrected chi connectivity index (χ1v) is 16.7. The Morgan fingerprint density at radius 1 is 1.06 bits per heavy atom. The van der Waals surface area contributed by atoms with E-state index in [1.165, 1.54) is 39.7 Å². The molecule has 264 valence electrons. The molecule has 12 nitrogen and oxygen atoms in total. The van der Waals surface area contributed by atoms with E-state index >= 15 is 0 Å². The summed E-state index contributed by atoms with van der Waals surface area (Å²) in [5.74, 6) is 1.01. The lowest BCUT2D eigenvalue weighted by molar-refractivity contribution is -0.115. The zero-order valence-electron chi connectivity index (χ0n) is 29.7. The van der Waals surface area contributed by atoms with Gasteiger partial charge in [0.25, 0.3) is 11.9 Å². The van der Waals surface area contributed by atoms with Crippen LogP contribution in [0.25, 0.3) is 0 Å². The van der Waals surface area contributed by atoms with Crippen molar-refractivity contribution in [3.63, 3.8) is 0 Å². The highest BCUT2D eigenvalue weighted by atomic mass is 35.5. The molecule has 0 unspecified atom stereocenters. The van der Waals surface area contributed by atoms with Gasteiger partial charge >= 0.3 is 0 Å². The molecule has 0 saturated carbocycles. The number of carbonyl (C=O) groups excluding carboxylic acids is 2. The highest BCUT2D eigenvalue weighted by Crippen LogP contribution is 2.48. The fraction of sp³-hybridized carbons (Fsp3) is 0.543. The molecule has 3 heterocycles. The molecule has 0 spiro atoms. The molecule has 1 amide bonds. The van der Waals surface area contributed by atoms with E-state index in [2.05, 4.69) is 46.3 Å². The number of rotatable bonds is 11. The molecular formula is C35H50ClN5O7. The number of benzene rings is 1. The summed E-state index contributed by atoms with van der Waals surface area (Å²) >= 11 is 6.59. The van der Waals surface area contributed by atoms with Gasteiger partial charge in [-0.05, 0) is 75.3 Å². The largest absolute Gasteiger partial charge is 0.479 e. The molecule has 2 aromatic heterocycles. The van der Waals surface area contributed by atoms with E-state index in [1.807, 2.05) is 19.9 Å². The summed E-state index contributed by atoms with van der Waals surface area (Å²) in [6.45, 7) is 18.6. The summed E-state index contributed by atoms with van der Waals surface area (Å²) in [5.41, 5.74) is 3.69. The topological polar surface area (TPSA) is 137 Å². The molecule has 5 rings (SSSR count). The van der Waals surface area contributed by atoms with E-state index < -0.39 is 5.91 Å². The van der Waals surface area contributed by atoms with Crippen molar-refractivity contribution in [1.29, 1.82) is 0 Å². The zero-order valence-corrected chi connectivity index (χ0v) is 30.4. The average molecular weight is 688 g/mol. The molecule has 2 N–H and O–H groups in total. The number of Topliss-reactive ketones (excluding diaryl/α,β-unsaturated/α-hetero) is 1. The minimum absolute atomic E-state index is 0.0274. The first-order chi connectivity index (χ1) is 22.9. The van der Waals surface area contributed by atoms with Gasteiger partial charge in [0.05, 0.1) is 32.5 Å². The SMILES string of the molecule is CC.CC(C)=O.COc1nc(NCCCN2CCOCC2)nc(OC)c1NC(=O)c1ccc(Oc2c(Cl)cc(C)c3c2CCC3(C)C)o1. The number of hydrogen-bond acceptors (Lipinski definition) is 11. The predicted octanol–water partition coefficient (Wildman–Crippen LogP) is 7.07. The Morgan fingerprint density at radius 3 is 2.29 bits per heavy atom. The van der Waals surface area contributed by atoms with Crippen molar-refractivity contribution in [2.45, 2.75) is 73.1 Å². The second-order valence-corrected chi connectivity index (χ2v) is 12.4. The molecule has 1 fully saturated rings. The van der Waals surface area contributed by atoms with Crippen LogP contribution in [-0.2, 0) is 21.4 Å². The molecule has 0 bridgehead atoms. The molecule has 13 heteroatoms. The number of aryl methyl sites for hydroxylation is 1. The smallest absolute Gasteiger partial charge is 0.291 e. The number of morpholine rings is 1. The van der Waals surface area contributed by atoms with Crippen LogP contribution in [0.5, 0.6) is 23.5 Å². The van der Waals surface area contributed by atoms with Crippen LogP contribution < -0.4 is 24.8 Å². The number of hydrogen-bond donors (Lipinski definition) is 2. The van der Waals surface area contributed by atoms with E-state index in [0.29, 0.717) is 23.3 Å². The van der Waals surface area contributed by atoms with Crippen molar-refractivity contribution in [2.24, 2.45) is 0 Å². The number of ether oxygens (including phenoxy) is 4. The van der Waals surface area contributed by atoms with Gasteiger partial charge < -0.3 is 38.8 Å². The van der Waals surface area contributed by atoms with Crippen LogP contribution in [0.2, 0.25) is 5.02 Å².